The molecule has 1 atom stereocenters. The van der Waals surface area contributed by atoms with Crippen LogP contribution in [0.4, 0.5) is 11.6 Å². The van der Waals surface area contributed by atoms with Crippen LogP contribution in [0.5, 0.6) is 5.88 Å². The molecule has 2 saturated heterocycles. The average Bonchev–Trinajstić information content (AvgIpc) is 2.61. The van der Waals surface area contributed by atoms with E-state index in [4.69, 9.17) is 9.47 Å². The molecule has 2 aromatic heterocycles. The third-order valence-electron chi connectivity index (χ3n) is 4.75. The summed E-state index contributed by atoms with van der Waals surface area (Å²) in [5.41, 5.74) is -0.138. The van der Waals surface area contributed by atoms with Gasteiger partial charge in [-0.1, -0.05) is 6.07 Å². The van der Waals surface area contributed by atoms with Gasteiger partial charge < -0.3 is 19.3 Å². The third-order valence-corrected chi connectivity index (χ3v) is 4.75. The smallest absolute Gasteiger partial charge is 0.213 e. The zero-order valence-corrected chi connectivity index (χ0v) is 14.6. The van der Waals surface area contributed by atoms with Gasteiger partial charge in [-0.05, 0) is 6.07 Å². The molecule has 2 aliphatic heterocycles. The van der Waals surface area contributed by atoms with Gasteiger partial charge >= 0.3 is 0 Å². The fraction of sp³-hybridized carbons (Fsp3) is 0.500. The highest BCUT2D eigenvalue weighted by molar-refractivity contribution is 5.52. The zero-order chi connectivity index (χ0) is 17.3. The van der Waals surface area contributed by atoms with E-state index in [-0.39, 0.29) is 11.7 Å². The highest BCUT2D eigenvalue weighted by Gasteiger charge is 2.48. The second-order valence-corrected chi connectivity index (χ2v) is 6.92. The number of nitrogens with zero attached hydrogens (tertiary/aromatic N) is 5. The molecule has 0 N–H and O–H groups in total. The molecule has 0 saturated carbocycles. The SMILES string of the molecule is CN(C)c1cc(N2CC3(CC(Oc4ccccn4)CCO3)C2)ncn1. The molecule has 1 spiro atoms. The van der Waals surface area contributed by atoms with E-state index in [0.29, 0.717) is 5.88 Å². The number of hydrogen-bond acceptors (Lipinski definition) is 7. The largest absolute Gasteiger partial charge is 0.474 e. The summed E-state index contributed by atoms with van der Waals surface area (Å²) in [6.45, 7) is 2.38. The Morgan fingerprint density at radius 3 is 2.88 bits per heavy atom. The van der Waals surface area contributed by atoms with Crippen LogP contribution < -0.4 is 14.5 Å². The summed E-state index contributed by atoms with van der Waals surface area (Å²) in [6.07, 6.45) is 5.30. The molecule has 2 aliphatic rings. The molecule has 2 fully saturated rings. The summed E-state index contributed by atoms with van der Waals surface area (Å²) in [5.74, 6) is 2.54. The Morgan fingerprint density at radius 1 is 1.24 bits per heavy atom. The van der Waals surface area contributed by atoms with Gasteiger partial charge in [0.15, 0.2) is 0 Å². The molecule has 7 nitrogen and oxygen atoms in total. The van der Waals surface area contributed by atoms with Crippen LogP contribution in [-0.4, -0.2) is 60.4 Å². The fourth-order valence-corrected chi connectivity index (χ4v) is 3.46. The summed E-state index contributed by atoms with van der Waals surface area (Å²) in [4.78, 5) is 17.1. The maximum atomic E-state index is 6.10. The van der Waals surface area contributed by atoms with E-state index in [9.17, 15) is 0 Å². The second kappa shape index (κ2) is 6.48. The van der Waals surface area contributed by atoms with E-state index >= 15 is 0 Å². The molecule has 0 aliphatic carbocycles. The van der Waals surface area contributed by atoms with Gasteiger partial charge in [-0.15, -0.1) is 0 Å². The summed E-state index contributed by atoms with van der Waals surface area (Å²) in [6, 6.07) is 7.75. The molecule has 2 aromatic rings. The Hall–Kier alpha value is -2.41. The normalized spacial score (nSPS) is 21.7. The lowest BCUT2D eigenvalue weighted by Gasteiger charge is -2.53. The Balaban J connectivity index is 1.39. The highest BCUT2D eigenvalue weighted by atomic mass is 16.5. The van der Waals surface area contributed by atoms with Gasteiger partial charge in [0, 0.05) is 45.3 Å². The van der Waals surface area contributed by atoms with Gasteiger partial charge in [0.05, 0.1) is 19.7 Å². The molecule has 0 radical (unpaired) electrons. The van der Waals surface area contributed by atoms with Crippen molar-refractivity contribution >= 4 is 11.6 Å². The number of pyridine rings is 1. The van der Waals surface area contributed by atoms with Crippen LogP contribution in [0.2, 0.25) is 0 Å². The summed E-state index contributed by atoms with van der Waals surface area (Å²) in [5, 5.41) is 0. The first-order valence-corrected chi connectivity index (χ1v) is 8.60. The zero-order valence-electron chi connectivity index (χ0n) is 14.6. The molecule has 25 heavy (non-hydrogen) atoms. The minimum absolute atomic E-state index is 0.138. The van der Waals surface area contributed by atoms with Crippen LogP contribution in [0.1, 0.15) is 12.8 Å². The van der Waals surface area contributed by atoms with Crippen molar-refractivity contribution in [1.29, 1.82) is 0 Å². The molecule has 0 aromatic carbocycles. The van der Waals surface area contributed by atoms with E-state index in [2.05, 4.69) is 19.9 Å². The summed E-state index contributed by atoms with van der Waals surface area (Å²) in [7, 11) is 3.96. The predicted molar refractivity (Wildman–Crippen MR) is 95.1 cm³/mol. The van der Waals surface area contributed by atoms with Crippen molar-refractivity contribution in [1.82, 2.24) is 15.0 Å². The van der Waals surface area contributed by atoms with E-state index in [1.807, 2.05) is 43.3 Å². The lowest BCUT2D eigenvalue weighted by molar-refractivity contribution is -0.126. The first kappa shape index (κ1) is 16.1. The molecule has 4 rings (SSSR count). The number of ether oxygens (including phenoxy) is 2. The van der Waals surface area contributed by atoms with Crippen molar-refractivity contribution in [3.8, 4) is 5.88 Å². The quantitative estimate of drug-likeness (QED) is 0.839. The fourth-order valence-electron chi connectivity index (χ4n) is 3.46. The maximum Gasteiger partial charge on any atom is 0.213 e. The van der Waals surface area contributed by atoms with Crippen molar-refractivity contribution < 1.29 is 9.47 Å². The van der Waals surface area contributed by atoms with E-state index in [1.54, 1.807) is 12.5 Å². The topological polar surface area (TPSA) is 63.6 Å². The lowest BCUT2D eigenvalue weighted by atomic mass is 9.84. The lowest BCUT2D eigenvalue weighted by Crippen LogP contribution is -2.66. The van der Waals surface area contributed by atoms with Crippen LogP contribution in [0.3, 0.4) is 0 Å². The van der Waals surface area contributed by atoms with Crippen molar-refractivity contribution in [3.05, 3.63) is 36.8 Å². The van der Waals surface area contributed by atoms with Gasteiger partial charge in [-0.3, -0.25) is 0 Å². The van der Waals surface area contributed by atoms with Crippen LogP contribution in [0.15, 0.2) is 36.8 Å². The van der Waals surface area contributed by atoms with Gasteiger partial charge in [-0.25, -0.2) is 15.0 Å². The van der Waals surface area contributed by atoms with Crippen molar-refractivity contribution in [2.45, 2.75) is 24.5 Å². The average molecular weight is 341 g/mol. The number of hydrogen-bond donors (Lipinski definition) is 0. The number of aromatic nitrogens is 3. The summed E-state index contributed by atoms with van der Waals surface area (Å²) >= 11 is 0. The minimum Gasteiger partial charge on any atom is -0.474 e. The predicted octanol–water partition coefficient (Wildman–Crippen LogP) is 1.75. The Morgan fingerprint density at radius 2 is 2.12 bits per heavy atom. The molecule has 0 amide bonds. The summed E-state index contributed by atoms with van der Waals surface area (Å²) < 4.78 is 12.1. The highest BCUT2D eigenvalue weighted by Crippen LogP contribution is 2.37. The maximum absolute atomic E-state index is 6.10. The van der Waals surface area contributed by atoms with Crippen LogP contribution in [0.25, 0.3) is 0 Å². The molecule has 4 heterocycles. The second-order valence-electron chi connectivity index (χ2n) is 6.92. The van der Waals surface area contributed by atoms with E-state index in [1.165, 1.54) is 0 Å². The van der Waals surface area contributed by atoms with Gasteiger partial charge in [0.2, 0.25) is 5.88 Å². The van der Waals surface area contributed by atoms with E-state index < -0.39 is 0 Å². The van der Waals surface area contributed by atoms with Crippen LogP contribution >= 0.6 is 0 Å². The molecule has 132 valence electrons. The standard InChI is InChI=1S/C18H23N5O2/c1-22(2)15-9-16(21-13-20-15)23-11-18(12-23)10-14(6-8-24-18)25-17-5-3-4-7-19-17/h3-5,7,9,13-14H,6,8,10-12H2,1-2H3. The molecule has 1 unspecified atom stereocenters. The van der Waals surface area contributed by atoms with Gasteiger partial charge in [0.1, 0.15) is 29.7 Å². The van der Waals surface area contributed by atoms with Crippen LogP contribution in [0, 0.1) is 0 Å². The first-order valence-electron chi connectivity index (χ1n) is 8.60. The Labute approximate surface area is 147 Å². The van der Waals surface area contributed by atoms with Crippen molar-refractivity contribution in [2.24, 2.45) is 0 Å². The number of rotatable bonds is 4. The van der Waals surface area contributed by atoms with Crippen molar-refractivity contribution in [2.75, 3.05) is 43.6 Å². The molecule has 7 heteroatoms. The molecule has 0 bridgehead atoms. The monoisotopic (exact) mass is 341 g/mol. The van der Waals surface area contributed by atoms with Crippen LogP contribution in [-0.2, 0) is 4.74 Å². The minimum atomic E-state index is -0.138. The Kier molecular flexibility index (Phi) is 4.17. The van der Waals surface area contributed by atoms with Gasteiger partial charge in [-0.2, -0.15) is 0 Å². The van der Waals surface area contributed by atoms with E-state index in [0.717, 1.165) is 44.2 Å². The molecular formula is C18H23N5O2. The Bertz CT molecular complexity index is 718. The third kappa shape index (κ3) is 3.37. The van der Waals surface area contributed by atoms with Crippen molar-refractivity contribution in [3.63, 3.8) is 0 Å². The molecular weight excluding hydrogens is 318 g/mol. The first-order chi connectivity index (χ1) is 12.1. The van der Waals surface area contributed by atoms with Gasteiger partial charge in [0.25, 0.3) is 0 Å². The number of anilines is 2.